The van der Waals surface area contributed by atoms with E-state index in [-0.39, 0.29) is 0 Å². The minimum absolute atomic E-state index is 0.296. The fourth-order valence-electron chi connectivity index (χ4n) is 3.18. The van der Waals surface area contributed by atoms with Crippen molar-refractivity contribution in [3.63, 3.8) is 0 Å². The summed E-state index contributed by atoms with van der Waals surface area (Å²) in [5.74, 6) is 1.23. The molecule has 0 heterocycles. The predicted molar refractivity (Wildman–Crippen MR) is 111 cm³/mol. The summed E-state index contributed by atoms with van der Waals surface area (Å²) in [5, 5.41) is 9.36. The van der Waals surface area contributed by atoms with Gasteiger partial charge in [0.15, 0.2) is 0 Å². The number of ether oxygens (including phenoxy) is 1. The van der Waals surface area contributed by atoms with Crippen molar-refractivity contribution in [2.24, 2.45) is 0 Å². The molecule has 2 aromatic carbocycles. The lowest BCUT2D eigenvalue weighted by Gasteiger charge is -2.08. The van der Waals surface area contributed by atoms with Gasteiger partial charge in [0.1, 0.15) is 11.5 Å². The highest BCUT2D eigenvalue weighted by molar-refractivity contribution is 5.64. The zero-order valence-electron chi connectivity index (χ0n) is 16.3. The van der Waals surface area contributed by atoms with Crippen LogP contribution in [-0.4, -0.2) is 11.7 Å². The quantitative estimate of drug-likeness (QED) is 0.381. The van der Waals surface area contributed by atoms with Gasteiger partial charge < -0.3 is 9.84 Å². The number of hydrogen-bond acceptors (Lipinski definition) is 2. The van der Waals surface area contributed by atoms with Crippen molar-refractivity contribution in [1.82, 2.24) is 0 Å². The van der Waals surface area contributed by atoms with Crippen LogP contribution in [0.5, 0.6) is 11.5 Å². The van der Waals surface area contributed by atoms with Crippen molar-refractivity contribution in [1.29, 1.82) is 0 Å². The monoisotopic (exact) mass is 354 g/mol. The molecule has 0 aliphatic carbocycles. The minimum Gasteiger partial charge on any atom is -0.508 e. The van der Waals surface area contributed by atoms with E-state index in [9.17, 15) is 5.11 Å². The minimum atomic E-state index is 0.296. The molecule has 0 fully saturated rings. The summed E-state index contributed by atoms with van der Waals surface area (Å²) < 4.78 is 5.85. The van der Waals surface area contributed by atoms with E-state index in [1.165, 1.54) is 57.8 Å². The van der Waals surface area contributed by atoms with Crippen molar-refractivity contribution >= 4 is 0 Å². The van der Waals surface area contributed by atoms with E-state index >= 15 is 0 Å². The van der Waals surface area contributed by atoms with Crippen LogP contribution in [0.4, 0.5) is 0 Å². The molecule has 0 aliphatic heterocycles. The van der Waals surface area contributed by atoms with Crippen LogP contribution in [0.25, 0.3) is 11.1 Å². The number of aromatic hydroxyl groups is 1. The van der Waals surface area contributed by atoms with E-state index in [1.54, 1.807) is 12.1 Å². The van der Waals surface area contributed by atoms with Crippen LogP contribution in [0.1, 0.15) is 71.1 Å². The van der Waals surface area contributed by atoms with Gasteiger partial charge in [0, 0.05) is 0 Å². The Morgan fingerprint density at radius 2 is 1.08 bits per heavy atom. The maximum atomic E-state index is 9.36. The average molecular weight is 355 g/mol. The fraction of sp³-hybridized carbons (Fsp3) is 0.500. The van der Waals surface area contributed by atoms with E-state index in [0.29, 0.717) is 5.75 Å². The van der Waals surface area contributed by atoms with Crippen molar-refractivity contribution < 1.29 is 9.84 Å². The molecule has 2 rings (SSSR count). The van der Waals surface area contributed by atoms with Crippen LogP contribution >= 0.6 is 0 Å². The second kappa shape index (κ2) is 12.4. The van der Waals surface area contributed by atoms with Crippen molar-refractivity contribution in [2.75, 3.05) is 6.61 Å². The SMILES string of the molecule is CCCCCCCCCCCCOc1ccc(-c2ccc(O)cc2)cc1. The zero-order valence-corrected chi connectivity index (χ0v) is 16.3. The lowest BCUT2D eigenvalue weighted by molar-refractivity contribution is 0.304. The van der Waals surface area contributed by atoms with Gasteiger partial charge in [-0.25, -0.2) is 0 Å². The molecule has 2 heteroatoms. The van der Waals surface area contributed by atoms with Gasteiger partial charge in [-0.1, -0.05) is 89.0 Å². The lowest BCUT2D eigenvalue weighted by atomic mass is 10.1. The highest BCUT2D eigenvalue weighted by Crippen LogP contribution is 2.24. The molecule has 0 saturated carbocycles. The van der Waals surface area contributed by atoms with Crippen LogP contribution in [0.3, 0.4) is 0 Å². The lowest BCUT2D eigenvalue weighted by Crippen LogP contribution is -1.97. The Morgan fingerprint density at radius 3 is 1.62 bits per heavy atom. The summed E-state index contributed by atoms with van der Waals surface area (Å²) in [6, 6.07) is 15.5. The summed E-state index contributed by atoms with van der Waals surface area (Å²) in [5.41, 5.74) is 2.24. The summed E-state index contributed by atoms with van der Waals surface area (Å²) in [6.07, 6.45) is 13.5. The third-order valence-corrected chi connectivity index (χ3v) is 4.82. The molecule has 0 saturated heterocycles. The number of phenolic OH excluding ortho intramolecular Hbond substituents is 1. The van der Waals surface area contributed by atoms with Gasteiger partial charge in [0.2, 0.25) is 0 Å². The number of rotatable bonds is 13. The maximum Gasteiger partial charge on any atom is 0.119 e. The van der Waals surface area contributed by atoms with Crippen molar-refractivity contribution in [2.45, 2.75) is 71.1 Å². The molecule has 2 aromatic rings. The van der Waals surface area contributed by atoms with Gasteiger partial charge in [-0.3, -0.25) is 0 Å². The van der Waals surface area contributed by atoms with Crippen LogP contribution in [-0.2, 0) is 0 Å². The second-order valence-corrected chi connectivity index (χ2v) is 7.10. The molecule has 0 atom stereocenters. The fourth-order valence-corrected chi connectivity index (χ4v) is 3.18. The average Bonchev–Trinajstić information content (AvgIpc) is 2.67. The topological polar surface area (TPSA) is 29.5 Å². The second-order valence-electron chi connectivity index (χ2n) is 7.10. The molecule has 0 bridgehead atoms. The van der Waals surface area contributed by atoms with E-state index in [1.807, 2.05) is 24.3 Å². The molecule has 0 aromatic heterocycles. The Hall–Kier alpha value is -1.96. The van der Waals surface area contributed by atoms with Gasteiger partial charge in [-0.05, 0) is 41.8 Å². The van der Waals surface area contributed by atoms with E-state index in [4.69, 9.17) is 4.74 Å². The first-order chi connectivity index (χ1) is 12.8. The van der Waals surface area contributed by atoms with E-state index in [2.05, 4.69) is 19.1 Å². The summed E-state index contributed by atoms with van der Waals surface area (Å²) in [7, 11) is 0. The molecule has 0 unspecified atom stereocenters. The number of phenols is 1. The maximum absolute atomic E-state index is 9.36. The van der Waals surface area contributed by atoms with Gasteiger partial charge in [-0.15, -0.1) is 0 Å². The van der Waals surface area contributed by atoms with Crippen LogP contribution in [0, 0.1) is 0 Å². The zero-order chi connectivity index (χ0) is 18.5. The normalized spacial score (nSPS) is 10.8. The Bertz CT molecular complexity index is 587. The van der Waals surface area contributed by atoms with Crippen LogP contribution in [0.15, 0.2) is 48.5 Å². The Labute approximate surface area is 159 Å². The standard InChI is InChI=1S/C24H34O2/c1-2-3-4-5-6-7-8-9-10-11-20-26-24-18-14-22(15-19-24)21-12-16-23(25)17-13-21/h12-19,25H,2-11,20H2,1H3. The molecular formula is C24H34O2. The number of unbranched alkanes of at least 4 members (excludes halogenated alkanes) is 9. The first-order valence-corrected chi connectivity index (χ1v) is 10.3. The summed E-state index contributed by atoms with van der Waals surface area (Å²) >= 11 is 0. The summed E-state index contributed by atoms with van der Waals surface area (Å²) in [6.45, 7) is 3.07. The number of hydrogen-bond donors (Lipinski definition) is 1. The Balaban J connectivity index is 1.54. The highest BCUT2D eigenvalue weighted by atomic mass is 16.5. The third-order valence-electron chi connectivity index (χ3n) is 4.82. The number of benzene rings is 2. The predicted octanol–water partition coefficient (Wildman–Crippen LogP) is 7.36. The Kier molecular flexibility index (Phi) is 9.71. The van der Waals surface area contributed by atoms with Gasteiger partial charge in [0.05, 0.1) is 6.61 Å². The summed E-state index contributed by atoms with van der Waals surface area (Å²) in [4.78, 5) is 0. The highest BCUT2D eigenvalue weighted by Gasteiger charge is 1.99. The third kappa shape index (κ3) is 7.95. The molecule has 142 valence electrons. The molecule has 0 aliphatic rings. The first kappa shape index (κ1) is 20.4. The van der Waals surface area contributed by atoms with Gasteiger partial charge in [0.25, 0.3) is 0 Å². The van der Waals surface area contributed by atoms with Crippen LogP contribution < -0.4 is 4.74 Å². The van der Waals surface area contributed by atoms with Gasteiger partial charge in [-0.2, -0.15) is 0 Å². The smallest absolute Gasteiger partial charge is 0.119 e. The molecular weight excluding hydrogens is 320 g/mol. The van der Waals surface area contributed by atoms with E-state index in [0.717, 1.165) is 29.9 Å². The molecule has 26 heavy (non-hydrogen) atoms. The Morgan fingerprint density at radius 1 is 0.615 bits per heavy atom. The molecule has 0 spiro atoms. The van der Waals surface area contributed by atoms with Gasteiger partial charge >= 0.3 is 0 Å². The first-order valence-electron chi connectivity index (χ1n) is 10.3. The van der Waals surface area contributed by atoms with Crippen LogP contribution in [0.2, 0.25) is 0 Å². The molecule has 0 radical (unpaired) electrons. The van der Waals surface area contributed by atoms with E-state index < -0.39 is 0 Å². The van der Waals surface area contributed by atoms with Crippen molar-refractivity contribution in [3.8, 4) is 22.6 Å². The molecule has 1 N–H and O–H groups in total. The molecule has 2 nitrogen and oxygen atoms in total. The van der Waals surface area contributed by atoms with Crippen molar-refractivity contribution in [3.05, 3.63) is 48.5 Å². The largest absolute Gasteiger partial charge is 0.508 e. The molecule has 0 amide bonds.